The van der Waals surface area contributed by atoms with Crippen molar-refractivity contribution < 1.29 is 19.4 Å². The molecular weight excluding hydrogens is 484 g/mol. The molecule has 0 spiro atoms. The zero-order chi connectivity index (χ0) is 24.1. The number of ketones is 1. The lowest BCUT2D eigenvalue weighted by Crippen LogP contribution is -2.38. The summed E-state index contributed by atoms with van der Waals surface area (Å²) in [7, 11) is 0. The van der Waals surface area contributed by atoms with Crippen LogP contribution in [0.15, 0.2) is 58.6 Å². The van der Waals surface area contributed by atoms with E-state index in [0.717, 1.165) is 23.1 Å². The molecule has 0 unspecified atom stereocenters. The van der Waals surface area contributed by atoms with Crippen molar-refractivity contribution >= 4 is 33.4 Å². The molecule has 2 aromatic rings. The lowest BCUT2D eigenvalue weighted by atomic mass is 9.95. The Balaban J connectivity index is 2.06. The van der Waals surface area contributed by atoms with Gasteiger partial charge in [-0.1, -0.05) is 54.0 Å². The zero-order valence-electron chi connectivity index (χ0n) is 19.5. The molecule has 1 aliphatic rings. The molecule has 0 radical (unpaired) electrons. The van der Waals surface area contributed by atoms with Crippen molar-refractivity contribution in [3.8, 4) is 5.75 Å². The molecule has 1 fully saturated rings. The van der Waals surface area contributed by atoms with Gasteiger partial charge >= 0.3 is 0 Å². The van der Waals surface area contributed by atoms with Crippen LogP contribution in [0.1, 0.15) is 44.9 Å². The fraction of sp³-hybridized carbons (Fsp3) is 0.385. The van der Waals surface area contributed by atoms with Gasteiger partial charge in [0.2, 0.25) is 0 Å². The summed E-state index contributed by atoms with van der Waals surface area (Å²) in [5.41, 5.74) is 1.35. The Morgan fingerprint density at radius 1 is 1.06 bits per heavy atom. The quantitative estimate of drug-likeness (QED) is 0.289. The van der Waals surface area contributed by atoms with Gasteiger partial charge in [0, 0.05) is 23.1 Å². The van der Waals surface area contributed by atoms with Gasteiger partial charge in [-0.2, -0.15) is 0 Å². The highest BCUT2D eigenvalue weighted by Crippen LogP contribution is 2.39. The van der Waals surface area contributed by atoms with Crippen LogP contribution in [0.5, 0.6) is 5.75 Å². The minimum Gasteiger partial charge on any atom is -0.507 e. The predicted octanol–water partition coefficient (Wildman–Crippen LogP) is 5.00. The Morgan fingerprint density at radius 2 is 1.67 bits per heavy atom. The summed E-state index contributed by atoms with van der Waals surface area (Å²) in [6, 6.07) is 13.7. The molecule has 0 aromatic heterocycles. The molecule has 7 heteroatoms. The molecule has 1 atom stereocenters. The number of ether oxygens (including phenoxy) is 1. The highest BCUT2D eigenvalue weighted by molar-refractivity contribution is 9.10. The Kier molecular flexibility index (Phi) is 8.32. The van der Waals surface area contributed by atoms with E-state index in [0.29, 0.717) is 24.4 Å². The molecule has 3 rings (SSSR count). The van der Waals surface area contributed by atoms with Crippen LogP contribution in [0.4, 0.5) is 0 Å². The van der Waals surface area contributed by atoms with Crippen LogP contribution in [0.2, 0.25) is 0 Å². The maximum Gasteiger partial charge on any atom is 0.295 e. The summed E-state index contributed by atoms with van der Waals surface area (Å²) in [6.45, 7) is 10.8. The number of hydrogen-bond donors (Lipinski definition) is 1. The van der Waals surface area contributed by atoms with Gasteiger partial charge in [0.25, 0.3) is 11.7 Å². The third-order valence-electron chi connectivity index (χ3n) is 5.78. The zero-order valence-corrected chi connectivity index (χ0v) is 21.1. The number of Topliss-reactive ketones (excluding diaryl/α,β-unsaturated/α-hetero) is 1. The maximum atomic E-state index is 13.1. The van der Waals surface area contributed by atoms with Crippen LogP contribution in [0.25, 0.3) is 5.76 Å². The molecule has 0 bridgehead atoms. The Labute approximate surface area is 204 Å². The lowest BCUT2D eigenvalue weighted by molar-refractivity contribution is -0.140. The number of benzene rings is 2. The van der Waals surface area contributed by atoms with Crippen LogP contribution in [0, 0.1) is 0 Å². The monoisotopic (exact) mass is 514 g/mol. The number of likely N-dealkylation sites (tertiary alicyclic amines) is 1. The van der Waals surface area contributed by atoms with Gasteiger partial charge in [-0.05, 0) is 56.8 Å². The second kappa shape index (κ2) is 11.0. The van der Waals surface area contributed by atoms with E-state index in [1.807, 2.05) is 38.1 Å². The number of amides is 1. The first-order chi connectivity index (χ1) is 15.8. The number of halogens is 1. The number of aliphatic hydroxyl groups is 1. The fourth-order valence-electron chi connectivity index (χ4n) is 4.01. The molecule has 0 aliphatic carbocycles. The normalized spacial score (nSPS) is 17.9. The molecule has 1 amide bonds. The Bertz CT molecular complexity index is 1010. The highest BCUT2D eigenvalue weighted by Gasteiger charge is 2.45. The van der Waals surface area contributed by atoms with Gasteiger partial charge in [-0.3, -0.25) is 9.59 Å². The number of carbonyl (C=O) groups excluding carboxylic acids is 2. The van der Waals surface area contributed by atoms with E-state index in [4.69, 9.17) is 4.74 Å². The summed E-state index contributed by atoms with van der Waals surface area (Å²) in [5, 5.41) is 11.1. The summed E-state index contributed by atoms with van der Waals surface area (Å²) < 4.78 is 6.60. The Hall–Kier alpha value is -2.64. The van der Waals surface area contributed by atoms with Gasteiger partial charge in [-0.15, -0.1) is 0 Å². The van der Waals surface area contributed by atoms with Crippen molar-refractivity contribution in [2.75, 3.05) is 26.2 Å². The average Bonchev–Trinajstić information content (AvgIpc) is 3.05. The summed E-state index contributed by atoms with van der Waals surface area (Å²) in [6.07, 6.45) is 0.0351. The van der Waals surface area contributed by atoms with Crippen LogP contribution < -0.4 is 4.74 Å². The molecular formula is C26H31BrN2O4. The molecule has 1 heterocycles. The lowest BCUT2D eigenvalue weighted by Gasteiger charge is -2.28. The van der Waals surface area contributed by atoms with E-state index in [2.05, 4.69) is 34.7 Å². The summed E-state index contributed by atoms with van der Waals surface area (Å²) >= 11 is 3.39. The number of carbonyl (C=O) groups is 2. The Morgan fingerprint density at radius 3 is 2.21 bits per heavy atom. The minimum absolute atomic E-state index is 0.0351. The number of likely N-dealkylation sites (N-methyl/N-ethyl adjacent to an activating group) is 1. The van der Waals surface area contributed by atoms with Crippen LogP contribution in [-0.2, 0) is 9.59 Å². The SMILES string of the molecule is CCN(CC)CCN1C(=O)C(=O)/C(=C(/O)c2ccc(Br)cc2)[C@@H]1c1ccc(OC(C)C)cc1. The molecule has 1 aliphatic heterocycles. The van der Waals surface area contributed by atoms with Crippen LogP contribution >= 0.6 is 15.9 Å². The molecule has 33 heavy (non-hydrogen) atoms. The predicted molar refractivity (Wildman–Crippen MR) is 133 cm³/mol. The minimum atomic E-state index is -0.669. The van der Waals surface area contributed by atoms with Crippen LogP contribution in [-0.4, -0.2) is 58.9 Å². The van der Waals surface area contributed by atoms with Crippen molar-refractivity contribution in [3.05, 3.63) is 69.7 Å². The van der Waals surface area contributed by atoms with Crippen LogP contribution in [0.3, 0.4) is 0 Å². The summed E-state index contributed by atoms with van der Waals surface area (Å²) in [5.74, 6) is -0.712. The third kappa shape index (κ3) is 5.65. The van der Waals surface area contributed by atoms with Crippen molar-refractivity contribution in [2.24, 2.45) is 0 Å². The number of hydrogen-bond acceptors (Lipinski definition) is 5. The number of rotatable bonds is 9. The molecule has 1 saturated heterocycles. The standard InChI is InChI=1S/C26H31BrN2O4/c1-5-28(6-2)15-16-29-23(18-9-13-21(14-10-18)33-17(3)4)22(25(31)26(29)32)24(30)19-7-11-20(27)12-8-19/h7-14,17,23,30H,5-6,15-16H2,1-4H3/b24-22+/t23-/m0/s1. The molecule has 2 aromatic carbocycles. The first-order valence-corrected chi connectivity index (χ1v) is 12.1. The van der Waals surface area contributed by atoms with Crippen molar-refractivity contribution in [2.45, 2.75) is 39.8 Å². The number of aliphatic hydroxyl groups excluding tert-OH is 1. The second-order valence-electron chi connectivity index (χ2n) is 8.26. The average molecular weight is 515 g/mol. The third-order valence-corrected chi connectivity index (χ3v) is 6.31. The van der Waals surface area contributed by atoms with E-state index in [1.165, 1.54) is 0 Å². The van der Waals surface area contributed by atoms with Gasteiger partial charge in [-0.25, -0.2) is 0 Å². The topological polar surface area (TPSA) is 70.1 Å². The van der Waals surface area contributed by atoms with E-state index >= 15 is 0 Å². The van der Waals surface area contributed by atoms with Gasteiger partial charge in [0.05, 0.1) is 17.7 Å². The highest BCUT2D eigenvalue weighted by atomic mass is 79.9. The largest absolute Gasteiger partial charge is 0.507 e. The first kappa shape index (κ1) is 25.0. The molecule has 6 nitrogen and oxygen atoms in total. The van der Waals surface area contributed by atoms with Crippen molar-refractivity contribution in [1.29, 1.82) is 0 Å². The first-order valence-electron chi connectivity index (χ1n) is 11.3. The molecule has 176 valence electrons. The van der Waals surface area contributed by atoms with E-state index in [9.17, 15) is 14.7 Å². The van der Waals surface area contributed by atoms with Gasteiger partial charge in [0.1, 0.15) is 11.5 Å². The van der Waals surface area contributed by atoms with Crippen molar-refractivity contribution in [3.63, 3.8) is 0 Å². The van der Waals surface area contributed by atoms with E-state index < -0.39 is 17.7 Å². The molecule has 1 N–H and O–H groups in total. The van der Waals surface area contributed by atoms with Gasteiger partial charge < -0.3 is 19.6 Å². The summed E-state index contributed by atoms with van der Waals surface area (Å²) in [4.78, 5) is 30.0. The maximum absolute atomic E-state index is 13.1. The molecule has 0 saturated carbocycles. The second-order valence-corrected chi connectivity index (χ2v) is 9.18. The van der Waals surface area contributed by atoms with Gasteiger partial charge in [0.15, 0.2) is 0 Å². The fourth-order valence-corrected chi connectivity index (χ4v) is 4.27. The number of nitrogens with zero attached hydrogens (tertiary/aromatic N) is 2. The van der Waals surface area contributed by atoms with E-state index in [1.54, 1.807) is 29.2 Å². The smallest absolute Gasteiger partial charge is 0.295 e. The van der Waals surface area contributed by atoms with Crippen molar-refractivity contribution in [1.82, 2.24) is 9.80 Å². The van der Waals surface area contributed by atoms with E-state index in [-0.39, 0.29) is 17.4 Å².